The van der Waals surface area contributed by atoms with Gasteiger partial charge in [0, 0.05) is 47.8 Å². The number of amides is 1. The molecule has 1 saturated heterocycles. The molecule has 0 bridgehead atoms. The molecule has 2 N–H and O–H groups in total. The number of rotatable bonds is 7. The second-order valence-corrected chi connectivity index (χ2v) is 10.4. The van der Waals surface area contributed by atoms with Crippen LogP contribution in [0.5, 0.6) is 0 Å². The highest BCUT2D eigenvalue weighted by Gasteiger charge is 2.41. The molecule has 1 aliphatic heterocycles. The van der Waals surface area contributed by atoms with Crippen LogP contribution >= 0.6 is 12.2 Å². The van der Waals surface area contributed by atoms with Gasteiger partial charge in [-0.3, -0.25) is 9.78 Å². The van der Waals surface area contributed by atoms with Crippen LogP contribution in [0, 0.1) is 13.8 Å². The molecule has 1 aliphatic rings. The molecule has 40 heavy (non-hydrogen) atoms. The van der Waals surface area contributed by atoms with Crippen molar-refractivity contribution in [3.8, 4) is 5.82 Å². The maximum atomic E-state index is 13.2. The highest BCUT2D eigenvalue weighted by Crippen LogP contribution is 2.41. The van der Waals surface area contributed by atoms with Crippen molar-refractivity contribution in [2.45, 2.75) is 32.4 Å². The van der Waals surface area contributed by atoms with Gasteiger partial charge < -0.3 is 20.1 Å². The van der Waals surface area contributed by atoms with Gasteiger partial charge >= 0.3 is 0 Å². The number of aryl methyl sites for hydroxylation is 1. The molecule has 1 fully saturated rings. The third-order valence-corrected chi connectivity index (χ3v) is 7.86. The second-order valence-electron chi connectivity index (χ2n) is 9.99. The monoisotopic (exact) mass is 546 g/mol. The molecule has 0 aliphatic carbocycles. The summed E-state index contributed by atoms with van der Waals surface area (Å²) < 4.78 is 2.16. The first kappa shape index (κ1) is 25.7. The zero-order chi connectivity index (χ0) is 27.6. The summed E-state index contributed by atoms with van der Waals surface area (Å²) in [6.45, 7) is 4.66. The van der Waals surface area contributed by atoms with Crippen LogP contribution in [0.15, 0.2) is 97.3 Å². The number of benzene rings is 2. The van der Waals surface area contributed by atoms with Gasteiger partial charge in [0.05, 0.1) is 17.8 Å². The van der Waals surface area contributed by atoms with Crippen LogP contribution in [0.25, 0.3) is 16.6 Å². The Balaban J connectivity index is 1.30. The lowest BCUT2D eigenvalue weighted by atomic mass is 9.96. The lowest BCUT2D eigenvalue weighted by Crippen LogP contribution is -2.33. The number of thiocarbonyl (C=S) groups is 1. The van der Waals surface area contributed by atoms with E-state index in [1.165, 1.54) is 0 Å². The zero-order valence-corrected chi connectivity index (χ0v) is 23.2. The molecule has 6 rings (SSSR count). The topological polar surface area (TPSA) is 75.1 Å². The van der Waals surface area contributed by atoms with E-state index < -0.39 is 0 Å². The standard InChI is InChI=1S/C32H30N6OS/c1-21-20-25(22(2)38(21)28-15-6-8-18-34-28)31-30(27-13-5-7-17-33-27)36-32(40)37(31)19-16-29(39)35-26-14-9-11-23-10-3-4-12-24(23)26/h3-15,17-18,20,30-31H,16,19H2,1-2H3,(H,35,39)(H,36,40)/t30-,31-/m0/s1. The highest BCUT2D eigenvalue weighted by molar-refractivity contribution is 7.80. The average molecular weight is 547 g/mol. The lowest BCUT2D eigenvalue weighted by molar-refractivity contribution is -0.116. The van der Waals surface area contributed by atoms with Crippen LogP contribution in [0.2, 0.25) is 0 Å². The molecule has 2 aromatic carbocycles. The number of nitrogens with one attached hydrogen (secondary N) is 2. The van der Waals surface area contributed by atoms with Crippen molar-refractivity contribution in [3.63, 3.8) is 0 Å². The summed E-state index contributed by atoms with van der Waals surface area (Å²) in [5.74, 6) is 0.811. The number of carbonyl (C=O) groups is 1. The summed E-state index contributed by atoms with van der Waals surface area (Å²) in [5.41, 5.74) is 5.00. The number of aromatic nitrogens is 3. The fraction of sp³-hybridized carbons (Fsp3) is 0.188. The van der Waals surface area contributed by atoms with E-state index in [4.69, 9.17) is 12.2 Å². The largest absolute Gasteiger partial charge is 0.352 e. The van der Waals surface area contributed by atoms with Gasteiger partial charge in [0.1, 0.15) is 5.82 Å². The minimum atomic E-state index is -0.160. The molecule has 0 unspecified atom stereocenters. The summed E-state index contributed by atoms with van der Waals surface area (Å²) in [6.07, 6.45) is 3.89. The number of nitrogens with zero attached hydrogens (tertiary/aromatic N) is 4. The van der Waals surface area contributed by atoms with Crippen LogP contribution in [-0.2, 0) is 4.79 Å². The van der Waals surface area contributed by atoms with E-state index in [1.54, 1.807) is 12.4 Å². The molecular formula is C32H30N6OS. The third-order valence-electron chi connectivity index (χ3n) is 7.51. The number of fused-ring (bicyclic) bond motifs is 1. The molecule has 0 radical (unpaired) electrons. The first-order chi connectivity index (χ1) is 19.5. The van der Waals surface area contributed by atoms with E-state index in [-0.39, 0.29) is 24.4 Å². The molecule has 8 heteroatoms. The SMILES string of the molecule is Cc1cc([C@H]2[C@H](c3ccccn3)NC(=S)N2CCC(=O)Nc2cccc3ccccc23)c(C)n1-c1ccccn1. The maximum absolute atomic E-state index is 13.2. The van der Waals surface area contributed by atoms with Crippen molar-refractivity contribution in [2.24, 2.45) is 0 Å². The first-order valence-corrected chi connectivity index (χ1v) is 13.8. The van der Waals surface area contributed by atoms with Crippen LogP contribution < -0.4 is 10.6 Å². The van der Waals surface area contributed by atoms with Crippen molar-refractivity contribution >= 4 is 39.7 Å². The molecular weight excluding hydrogens is 516 g/mol. The number of carbonyl (C=O) groups excluding carboxylic acids is 1. The lowest BCUT2D eigenvalue weighted by Gasteiger charge is -2.28. The van der Waals surface area contributed by atoms with Crippen molar-refractivity contribution in [2.75, 3.05) is 11.9 Å². The summed E-state index contributed by atoms with van der Waals surface area (Å²) in [6, 6.07) is 27.7. The Bertz CT molecular complexity index is 1680. The fourth-order valence-corrected chi connectivity index (χ4v) is 6.01. The molecule has 0 saturated carbocycles. The van der Waals surface area contributed by atoms with E-state index in [2.05, 4.69) is 50.0 Å². The van der Waals surface area contributed by atoms with Gasteiger partial charge in [-0.1, -0.05) is 48.5 Å². The Morgan fingerprint density at radius 3 is 2.48 bits per heavy atom. The smallest absolute Gasteiger partial charge is 0.226 e. The van der Waals surface area contributed by atoms with Gasteiger partial charge in [0.15, 0.2) is 5.11 Å². The summed E-state index contributed by atoms with van der Waals surface area (Å²) in [4.78, 5) is 24.6. The normalized spacial score (nSPS) is 16.8. The molecule has 3 aromatic heterocycles. The van der Waals surface area contributed by atoms with Gasteiger partial charge in [-0.2, -0.15) is 0 Å². The van der Waals surface area contributed by atoms with Crippen LogP contribution in [0.4, 0.5) is 5.69 Å². The van der Waals surface area contributed by atoms with E-state index >= 15 is 0 Å². The van der Waals surface area contributed by atoms with Crippen molar-refractivity contribution in [1.82, 2.24) is 24.8 Å². The molecule has 0 spiro atoms. The molecule has 4 heterocycles. The quantitative estimate of drug-likeness (QED) is 0.243. The van der Waals surface area contributed by atoms with E-state index in [0.29, 0.717) is 11.7 Å². The van der Waals surface area contributed by atoms with Crippen LogP contribution in [0.3, 0.4) is 0 Å². The number of hydrogen-bond donors (Lipinski definition) is 2. The second kappa shape index (κ2) is 10.9. The van der Waals surface area contributed by atoms with Crippen molar-refractivity contribution in [3.05, 3.63) is 120 Å². The zero-order valence-electron chi connectivity index (χ0n) is 22.4. The summed E-state index contributed by atoms with van der Waals surface area (Å²) in [7, 11) is 0. The minimum Gasteiger partial charge on any atom is -0.352 e. The van der Waals surface area contributed by atoms with E-state index in [0.717, 1.165) is 44.9 Å². The Kier molecular flexibility index (Phi) is 7.00. The van der Waals surface area contributed by atoms with E-state index in [9.17, 15) is 4.79 Å². The highest BCUT2D eigenvalue weighted by atomic mass is 32.1. The first-order valence-electron chi connectivity index (χ1n) is 13.4. The van der Waals surface area contributed by atoms with Crippen LogP contribution in [-0.4, -0.2) is 37.0 Å². The molecule has 2 atom stereocenters. The molecule has 5 aromatic rings. The van der Waals surface area contributed by atoms with E-state index in [1.807, 2.05) is 78.9 Å². The number of anilines is 1. The summed E-state index contributed by atoms with van der Waals surface area (Å²) >= 11 is 5.85. The summed E-state index contributed by atoms with van der Waals surface area (Å²) in [5, 5.41) is 9.34. The Hall–Kier alpha value is -4.56. The minimum absolute atomic E-state index is 0.0573. The molecule has 7 nitrogen and oxygen atoms in total. The predicted octanol–water partition coefficient (Wildman–Crippen LogP) is 6.04. The number of pyridine rings is 2. The van der Waals surface area contributed by atoms with Gasteiger partial charge in [-0.25, -0.2) is 4.98 Å². The van der Waals surface area contributed by atoms with Crippen molar-refractivity contribution < 1.29 is 4.79 Å². The average Bonchev–Trinajstić information content (AvgIpc) is 3.47. The van der Waals surface area contributed by atoms with Crippen LogP contribution in [0.1, 0.15) is 41.1 Å². The fourth-order valence-electron chi connectivity index (χ4n) is 5.68. The Morgan fingerprint density at radius 2 is 1.70 bits per heavy atom. The third kappa shape index (κ3) is 4.82. The van der Waals surface area contributed by atoms with Gasteiger partial charge in [-0.05, 0) is 73.4 Å². The van der Waals surface area contributed by atoms with Crippen molar-refractivity contribution in [1.29, 1.82) is 0 Å². The Morgan fingerprint density at radius 1 is 0.950 bits per heavy atom. The van der Waals surface area contributed by atoms with Gasteiger partial charge in [-0.15, -0.1) is 0 Å². The predicted molar refractivity (Wildman–Crippen MR) is 162 cm³/mol. The van der Waals surface area contributed by atoms with Gasteiger partial charge in [0.25, 0.3) is 0 Å². The maximum Gasteiger partial charge on any atom is 0.226 e. The van der Waals surface area contributed by atoms with Gasteiger partial charge in [0.2, 0.25) is 5.91 Å². The Labute approximate surface area is 238 Å². The number of hydrogen-bond acceptors (Lipinski definition) is 4. The molecule has 200 valence electrons. The molecule has 1 amide bonds.